The summed E-state index contributed by atoms with van der Waals surface area (Å²) >= 11 is -3.00. The molecule has 1 unspecified atom stereocenters. The van der Waals surface area contributed by atoms with Crippen LogP contribution in [0, 0.1) is 0 Å². The molecule has 0 radical (unpaired) electrons. The molecule has 1 aliphatic rings. The zero-order chi connectivity index (χ0) is 22.5. The van der Waals surface area contributed by atoms with E-state index in [4.69, 9.17) is 9.47 Å². The zero-order valence-electron chi connectivity index (χ0n) is 21.1. The first kappa shape index (κ1) is 28.4. The number of rotatable bonds is 16. The minimum absolute atomic E-state index is 0.0564. The molecule has 1 saturated heterocycles. The van der Waals surface area contributed by atoms with Gasteiger partial charge in [-0.1, -0.05) is 0 Å². The summed E-state index contributed by atoms with van der Waals surface area (Å²) in [6, 6.07) is 1.15. The van der Waals surface area contributed by atoms with Gasteiger partial charge >= 0.3 is 193 Å². The first-order chi connectivity index (χ1) is 14.3. The van der Waals surface area contributed by atoms with Crippen LogP contribution in [0.3, 0.4) is 0 Å². The summed E-state index contributed by atoms with van der Waals surface area (Å²) in [5.41, 5.74) is 0. The van der Waals surface area contributed by atoms with Crippen LogP contribution >= 0.6 is 0 Å². The molecule has 30 heavy (non-hydrogen) atoms. The van der Waals surface area contributed by atoms with Gasteiger partial charge in [-0.2, -0.15) is 0 Å². The molecule has 1 atom stereocenters. The van der Waals surface area contributed by atoms with E-state index in [0.717, 1.165) is 38.5 Å². The predicted octanol–water partition coefficient (Wildman–Crippen LogP) is 7.68. The SMILES string of the molecule is CCC[CH2][Sn]([CH2]CCC)([CH2]CCC)[C](=O)N(COCC[Si](C)(C)C)C1CCCCO1. The standard InChI is InChI=1S/C12H24NO3Si.3C4H9.Sn/c1-17(2,3)9-8-15-11-13(10-14)12-6-4-5-7-16-12;3*1-3-4-2;/h12H,4-9,11H2,1-3H3;3*1,3-4H2,2H3;. The third-order valence-corrected chi connectivity index (χ3v) is 22.8. The van der Waals surface area contributed by atoms with Crippen LogP contribution in [0.4, 0.5) is 4.79 Å². The van der Waals surface area contributed by atoms with Gasteiger partial charge in [0, 0.05) is 0 Å². The van der Waals surface area contributed by atoms with Crippen molar-refractivity contribution >= 4 is 30.4 Å². The van der Waals surface area contributed by atoms with Crippen LogP contribution in [0.2, 0.25) is 39.0 Å². The Morgan fingerprint density at radius 2 is 1.57 bits per heavy atom. The summed E-state index contributed by atoms with van der Waals surface area (Å²) in [6.07, 6.45) is 10.4. The van der Waals surface area contributed by atoms with Crippen molar-refractivity contribution in [3.8, 4) is 0 Å². The molecule has 6 heteroatoms. The van der Waals surface area contributed by atoms with Gasteiger partial charge in [0.15, 0.2) is 0 Å². The number of amides is 1. The monoisotopic (exact) mass is 549 g/mol. The van der Waals surface area contributed by atoms with Crippen LogP contribution in [0.1, 0.15) is 78.6 Å². The molecule has 1 rings (SSSR count). The average Bonchev–Trinajstić information content (AvgIpc) is 2.73. The molecule has 1 fully saturated rings. The van der Waals surface area contributed by atoms with Crippen LogP contribution in [-0.4, -0.2) is 61.4 Å². The van der Waals surface area contributed by atoms with Gasteiger partial charge in [-0.05, 0) is 0 Å². The van der Waals surface area contributed by atoms with E-state index in [-0.39, 0.29) is 6.23 Å². The van der Waals surface area contributed by atoms with Crippen molar-refractivity contribution in [1.82, 2.24) is 4.90 Å². The maximum atomic E-state index is 14.2. The summed E-state index contributed by atoms with van der Waals surface area (Å²) in [7, 11) is -1.13. The molecule has 0 saturated carbocycles. The Labute approximate surface area is 192 Å². The molecule has 0 aromatic carbocycles. The van der Waals surface area contributed by atoms with E-state index >= 15 is 0 Å². The minimum atomic E-state index is -3.00. The van der Waals surface area contributed by atoms with Gasteiger partial charge in [-0.25, -0.2) is 0 Å². The Morgan fingerprint density at radius 1 is 1.00 bits per heavy atom. The summed E-state index contributed by atoms with van der Waals surface area (Å²) in [4.78, 5) is 16.3. The first-order valence-corrected chi connectivity index (χ1v) is 24.0. The van der Waals surface area contributed by atoms with E-state index < -0.39 is 26.5 Å². The summed E-state index contributed by atoms with van der Waals surface area (Å²) < 4.78 is 16.4. The van der Waals surface area contributed by atoms with Crippen LogP contribution < -0.4 is 0 Å². The Hall–Kier alpha value is 0.406. The van der Waals surface area contributed by atoms with E-state index in [1.165, 1.54) is 51.8 Å². The van der Waals surface area contributed by atoms with Crippen LogP contribution in [0.25, 0.3) is 0 Å². The Kier molecular flexibility index (Phi) is 14.5. The first-order valence-electron chi connectivity index (χ1n) is 12.8. The van der Waals surface area contributed by atoms with E-state index in [0.29, 0.717) is 10.7 Å². The molecule has 4 nitrogen and oxygen atoms in total. The second-order valence-corrected chi connectivity index (χ2v) is 29.0. The third-order valence-electron chi connectivity index (χ3n) is 6.47. The van der Waals surface area contributed by atoms with Crippen molar-refractivity contribution in [2.24, 2.45) is 0 Å². The number of unbranched alkanes of at least 4 members (excludes halogenated alkanes) is 3. The van der Waals surface area contributed by atoms with Crippen LogP contribution in [0.5, 0.6) is 0 Å². The normalized spacial score (nSPS) is 17.9. The van der Waals surface area contributed by atoms with Gasteiger partial charge in [0.25, 0.3) is 0 Å². The van der Waals surface area contributed by atoms with E-state index in [2.05, 4.69) is 45.3 Å². The number of hydrogen-bond acceptors (Lipinski definition) is 3. The van der Waals surface area contributed by atoms with E-state index in [1.54, 1.807) is 0 Å². The predicted molar refractivity (Wildman–Crippen MR) is 135 cm³/mol. The van der Waals surface area contributed by atoms with Crippen molar-refractivity contribution in [2.75, 3.05) is 19.9 Å². The molecule has 1 heterocycles. The van der Waals surface area contributed by atoms with Gasteiger partial charge in [-0.3, -0.25) is 0 Å². The second kappa shape index (κ2) is 15.3. The molecular formula is C24H51NO3SiSn. The molecular weight excluding hydrogens is 497 g/mol. The molecule has 178 valence electrons. The third kappa shape index (κ3) is 10.3. The quantitative estimate of drug-likeness (QED) is 0.113. The summed E-state index contributed by atoms with van der Waals surface area (Å²) in [5, 5.41) is 0. The molecule has 0 N–H and O–H groups in total. The molecule has 0 aromatic rings. The van der Waals surface area contributed by atoms with Crippen LogP contribution in [0.15, 0.2) is 0 Å². The molecule has 0 bridgehead atoms. The second-order valence-electron chi connectivity index (χ2n) is 10.5. The van der Waals surface area contributed by atoms with E-state index in [9.17, 15) is 4.79 Å². The number of ether oxygens (including phenoxy) is 2. The van der Waals surface area contributed by atoms with Crippen molar-refractivity contribution < 1.29 is 14.3 Å². The van der Waals surface area contributed by atoms with Gasteiger partial charge in [0.05, 0.1) is 0 Å². The maximum absolute atomic E-state index is 14.2. The van der Waals surface area contributed by atoms with Crippen molar-refractivity contribution in [3.63, 3.8) is 0 Å². The Balaban J connectivity index is 3.03. The zero-order valence-corrected chi connectivity index (χ0v) is 24.9. The van der Waals surface area contributed by atoms with Gasteiger partial charge < -0.3 is 0 Å². The molecule has 0 aromatic heterocycles. The van der Waals surface area contributed by atoms with Gasteiger partial charge in [-0.15, -0.1) is 0 Å². The van der Waals surface area contributed by atoms with Crippen LogP contribution in [-0.2, 0) is 9.47 Å². The van der Waals surface area contributed by atoms with Crippen molar-refractivity contribution in [2.45, 2.75) is 124 Å². The number of carbonyl (C=O) groups excluding carboxylic acids is 1. The Morgan fingerprint density at radius 3 is 2.00 bits per heavy atom. The van der Waals surface area contributed by atoms with E-state index in [1.807, 2.05) is 0 Å². The number of nitrogens with zero attached hydrogens (tertiary/aromatic N) is 1. The fourth-order valence-corrected chi connectivity index (χ4v) is 20.2. The fourth-order valence-electron chi connectivity index (χ4n) is 4.33. The number of hydrogen-bond donors (Lipinski definition) is 0. The average molecular weight is 548 g/mol. The fraction of sp³-hybridized carbons (Fsp3) is 0.958. The Bertz CT molecular complexity index is 442. The summed E-state index contributed by atoms with van der Waals surface area (Å²) in [5.74, 6) is 0. The topological polar surface area (TPSA) is 38.8 Å². The van der Waals surface area contributed by atoms with Crippen molar-refractivity contribution in [1.29, 1.82) is 0 Å². The molecule has 0 aliphatic carbocycles. The van der Waals surface area contributed by atoms with Crippen molar-refractivity contribution in [3.05, 3.63) is 0 Å². The molecule has 0 spiro atoms. The molecule has 1 aliphatic heterocycles. The van der Waals surface area contributed by atoms with Gasteiger partial charge in [0.1, 0.15) is 0 Å². The number of carbonyl (C=O) groups is 1. The summed E-state index contributed by atoms with van der Waals surface area (Å²) in [6.45, 7) is 15.9. The molecule has 1 amide bonds. The van der Waals surface area contributed by atoms with Gasteiger partial charge in [0.2, 0.25) is 0 Å².